The van der Waals surface area contributed by atoms with Gasteiger partial charge in [0.1, 0.15) is 5.82 Å². The SMILES string of the molecule is COC(=O)N1CC2C(c3ccccc3)C2(c2cc3cnn(-c4ccc(F)cc4)c3cc2C)C1. The van der Waals surface area contributed by atoms with E-state index in [4.69, 9.17) is 4.74 Å². The van der Waals surface area contributed by atoms with Gasteiger partial charge in [0.05, 0.1) is 24.5 Å². The highest BCUT2D eigenvalue weighted by Crippen LogP contribution is 2.69. The largest absolute Gasteiger partial charge is 0.453 e. The number of amides is 1. The number of hydrogen-bond donors (Lipinski definition) is 0. The number of rotatable bonds is 3. The number of nitrogens with zero attached hydrogens (tertiary/aromatic N) is 3. The number of fused-ring (bicyclic) bond motifs is 2. The molecule has 0 radical (unpaired) electrons. The Morgan fingerprint density at radius 2 is 1.88 bits per heavy atom. The molecule has 2 fully saturated rings. The first-order valence-electron chi connectivity index (χ1n) is 11.2. The molecule has 33 heavy (non-hydrogen) atoms. The topological polar surface area (TPSA) is 47.4 Å². The second-order valence-corrected chi connectivity index (χ2v) is 9.14. The minimum absolute atomic E-state index is 0.133. The summed E-state index contributed by atoms with van der Waals surface area (Å²) in [6.07, 6.45) is 1.59. The lowest BCUT2D eigenvalue weighted by Gasteiger charge is -2.24. The summed E-state index contributed by atoms with van der Waals surface area (Å²) in [5.41, 5.74) is 5.41. The standard InChI is InChI=1S/C27H24FN3O2/c1-17-12-24-19(14-29-31(24)21-10-8-20(28)9-11-21)13-22(17)27-16-30(26(32)33-2)15-23(27)25(27)18-6-4-3-5-7-18/h3-14,23,25H,15-16H2,1-2H3. The summed E-state index contributed by atoms with van der Waals surface area (Å²) in [6.45, 7) is 3.46. The number of ether oxygens (including phenoxy) is 1. The molecule has 3 unspecified atom stereocenters. The van der Waals surface area contributed by atoms with Crippen molar-refractivity contribution < 1.29 is 13.9 Å². The lowest BCUT2D eigenvalue weighted by Crippen LogP contribution is -2.34. The summed E-state index contributed by atoms with van der Waals surface area (Å²) in [4.78, 5) is 14.2. The molecule has 1 aromatic heterocycles. The Labute approximate surface area is 191 Å². The van der Waals surface area contributed by atoms with Gasteiger partial charge in [-0.15, -0.1) is 0 Å². The van der Waals surface area contributed by atoms with Crippen molar-refractivity contribution in [1.29, 1.82) is 0 Å². The second-order valence-electron chi connectivity index (χ2n) is 9.14. The number of methoxy groups -OCH3 is 1. The van der Waals surface area contributed by atoms with Crippen LogP contribution < -0.4 is 0 Å². The summed E-state index contributed by atoms with van der Waals surface area (Å²) in [5.74, 6) is 0.445. The van der Waals surface area contributed by atoms with E-state index in [1.807, 2.05) is 21.8 Å². The van der Waals surface area contributed by atoms with Gasteiger partial charge in [0.15, 0.2) is 0 Å². The first kappa shape index (κ1) is 20.0. The van der Waals surface area contributed by atoms with E-state index < -0.39 is 0 Å². The van der Waals surface area contributed by atoms with Gasteiger partial charge in [0, 0.05) is 29.8 Å². The van der Waals surface area contributed by atoms with Gasteiger partial charge < -0.3 is 9.64 Å². The Bertz CT molecular complexity index is 1370. The zero-order valence-electron chi connectivity index (χ0n) is 18.5. The normalized spacial score (nSPS) is 23.5. The van der Waals surface area contributed by atoms with Crippen molar-refractivity contribution in [2.24, 2.45) is 5.92 Å². The monoisotopic (exact) mass is 441 g/mol. The highest BCUT2D eigenvalue weighted by molar-refractivity contribution is 5.83. The highest BCUT2D eigenvalue weighted by atomic mass is 19.1. The maximum Gasteiger partial charge on any atom is 0.409 e. The van der Waals surface area contributed by atoms with Gasteiger partial charge in [0.2, 0.25) is 0 Å². The first-order valence-corrected chi connectivity index (χ1v) is 11.2. The Kier molecular flexibility index (Phi) is 4.34. The van der Waals surface area contributed by atoms with E-state index in [-0.39, 0.29) is 17.3 Å². The number of carbonyl (C=O) groups is 1. The van der Waals surface area contributed by atoms with Crippen LogP contribution in [0.15, 0.2) is 72.9 Å². The summed E-state index contributed by atoms with van der Waals surface area (Å²) in [7, 11) is 1.44. The van der Waals surface area contributed by atoms with E-state index in [9.17, 15) is 9.18 Å². The smallest absolute Gasteiger partial charge is 0.409 e. The van der Waals surface area contributed by atoms with E-state index in [1.54, 1.807) is 12.1 Å². The Morgan fingerprint density at radius 3 is 2.61 bits per heavy atom. The molecule has 0 N–H and O–H groups in total. The molecule has 166 valence electrons. The maximum absolute atomic E-state index is 13.4. The van der Waals surface area contributed by atoms with Crippen LogP contribution in [0.5, 0.6) is 0 Å². The van der Waals surface area contributed by atoms with Crippen molar-refractivity contribution in [2.45, 2.75) is 18.3 Å². The molecule has 1 saturated carbocycles. The van der Waals surface area contributed by atoms with E-state index >= 15 is 0 Å². The summed E-state index contributed by atoms with van der Waals surface area (Å²) < 4.78 is 20.3. The van der Waals surface area contributed by atoms with Crippen molar-refractivity contribution in [3.63, 3.8) is 0 Å². The molecule has 0 spiro atoms. The molecule has 3 aromatic carbocycles. The number of aryl methyl sites for hydroxylation is 1. The number of benzene rings is 3. The Morgan fingerprint density at radius 1 is 1.12 bits per heavy atom. The highest BCUT2D eigenvalue weighted by Gasteiger charge is 2.71. The lowest BCUT2D eigenvalue weighted by molar-refractivity contribution is 0.127. The van der Waals surface area contributed by atoms with Crippen LogP contribution in [0.25, 0.3) is 16.6 Å². The third kappa shape index (κ3) is 2.90. The molecule has 6 rings (SSSR count). The molecule has 1 amide bonds. The predicted octanol–water partition coefficient (Wildman–Crippen LogP) is 5.21. The molecule has 4 aromatic rings. The minimum atomic E-state index is -0.268. The van der Waals surface area contributed by atoms with Crippen LogP contribution in [0.4, 0.5) is 9.18 Å². The summed E-state index contributed by atoms with van der Waals surface area (Å²) >= 11 is 0. The average molecular weight is 442 g/mol. The van der Waals surface area contributed by atoms with Crippen LogP contribution in [-0.2, 0) is 10.2 Å². The van der Waals surface area contributed by atoms with Gasteiger partial charge in [-0.2, -0.15) is 5.10 Å². The van der Waals surface area contributed by atoms with Gasteiger partial charge in [-0.25, -0.2) is 13.9 Å². The number of piperidine rings is 1. The number of carbonyl (C=O) groups excluding carboxylic acids is 1. The fraction of sp³-hybridized carbons (Fsp3) is 0.259. The molecule has 1 saturated heterocycles. The summed E-state index contributed by atoms with van der Waals surface area (Å²) in [5, 5.41) is 5.61. The van der Waals surface area contributed by atoms with Crippen molar-refractivity contribution in [3.05, 3.63) is 95.4 Å². The third-order valence-electron chi connectivity index (χ3n) is 7.46. The van der Waals surface area contributed by atoms with Crippen LogP contribution in [0, 0.1) is 18.7 Å². The van der Waals surface area contributed by atoms with Gasteiger partial charge in [-0.1, -0.05) is 30.3 Å². The zero-order chi connectivity index (χ0) is 22.7. The average Bonchev–Trinajstić information content (AvgIpc) is 3.11. The maximum atomic E-state index is 13.4. The van der Waals surface area contributed by atoms with Gasteiger partial charge >= 0.3 is 6.09 Å². The van der Waals surface area contributed by atoms with Crippen LogP contribution in [-0.4, -0.2) is 41.0 Å². The van der Waals surface area contributed by atoms with Crippen molar-refractivity contribution in [3.8, 4) is 5.69 Å². The van der Waals surface area contributed by atoms with E-state index in [0.29, 0.717) is 24.9 Å². The van der Waals surface area contributed by atoms with E-state index in [2.05, 4.69) is 48.4 Å². The van der Waals surface area contributed by atoms with E-state index in [0.717, 1.165) is 16.6 Å². The van der Waals surface area contributed by atoms with Gasteiger partial charge in [0.25, 0.3) is 0 Å². The molecule has 2 aliphatic rings. The second kappa shape index (κ2) is 7.17. The van der Waals surface area contributed by atoms with Crippen molar-refractivity contribution >= 4 is 17.0 Å². The molecule has 1 aliphatic carbocycles. The van der Waals surface area contributed by atoms with E-state index in [1.165, 1.54) is 35.9 Å². The van der Waals surface area contributed by atoms with Crippen LogP contribution in [0.1, 0.15) is 22.6 Å². The van der Waals surface area contributed by atoms with Crippen LogP contribution in [0.3, 0.4) is 0 Å². The van der Waals surface area contributed by atoms with Crippen molar-refractivity contribution in [1.82, 2.24) is 14.7 Å². The molecule has 5 nitrogen and oxygen atoms in total. The molecule has 0 bridgehead atoms. The molecule has 3 atom stereocenters. The molecule has 6 heteroatoms. The number of likely N-dealkylation sites (tertiary alicyclic amines) is 1. The Hall–Kier alpha value is -3.67. The molecule has 1 aliphatic heterocycles. The third-order valence-corrected chi connectivity index (χ3v) is 7.46. The zero-order valence-corrected chi connectivity index (χ0v) is 18.5. The Balaban J connectivity index is 1.45. The number of hydrogen-bond acceptors (Lipinski definition) is 3. The fourth-order valence-electron chi connectivity index (χ4n) is 6.00. The van der Waals surface area contributed by atoms with Gasteiger partial charge in [-0.05, 0) is 65.9 Å². The predicted molar refractivity (Wildman–Crippen MR) is 124 cm³/mol. The minimum Gasteiger partial charge on any atom is -0.453 e. The quantitative estimate of drug-likeness (QED) is 0.439. The van der Waals surface area contributed by atoms with Crippen molar-refractivity contribution in [2.75, 3.05) is 20.2 Å². The molecule has 2 heterocycles. The fourth-order valence-corrected chi connectivity index (χ4v) is 6.00. The van der Waals surface area contributed by atoms with Crippen LogP contribution in [0.2, 0.25) is 0 Å². The first-order chi connectivity index (χ1) is 16.0. The lowest BCUT2D eigenvalue weighted by atomic mass is 9.86. The van der Waals surface area contributed by atoms with Crippen LogP contribution >= 0.6 is 0 Å². The number of aromatic nitrogens is 2. The molecular weight excluding hydrogens is 417 g/mol. The summed E-state index contributed by atoms with van der Waals surface area (Å²) in [6, 6.07) is 21.3. The van der Waals surface area contributed by atoms with Gasteiger partial charge in [-0.3, -0.25) is 0 Å². The molecular formula is C27H24FN3O2. The number of halogens is 1.